The number of hydrogen-bond donors (Lipinski definition) is 2. The Kier molecular flexibility index (Phi) is 49.5. The number of allylic oxidation sites excluding steroid dienone is 14. The zero-order chi connectivity index (χ0) is 51.3. The van der Waals surface area contributed by atoms with E-state index in [1.54, 1.807) is 0 Å². The first kappa shape index (κ1) is 66.7. The molecule has 11 nitrogen and oxygen atoms in total. The molecule has 0 bridgehead atoms. The molecule has 0 aromatic heterocycles. The summed E-state index contributed by atoms with van der Waals surface area (Å²) in [4.78, 5) is 48.4. The molecule has 0 saturated heterocycles. The molecule has 0 aliphatic carbocycles. The van der Waals surface area contributed by atoms with Crippen LogP contribution in [0, 0.1) is 0 Å². The first-order chi connectivity index (χ1) is 34.2. The number of phosphoric ester groups is 1. The molecule has 0 radical (unpaired) electrons. The smallest absolute Gasteiger partial charge is 0.462 e. The molecular formula is C58H99O11P. The van der Waals surface area contributed by atoms with Crippen molar-refractivity contribution in [2.75, 3.05) is 26.4 Å². The fraction of sp³-hybridized carbons (Fsp3) is 0.707. The molecule has 2 N–H and O–H groups in total. The van der Waals surface area contributed by atoms with Gasteiger partial charge in [-0.25, -0.2) is 4.57 Å². The molecule has 0 aromatic rings. The van der Waals surface area contributed by atoms with Crippen molar-refractivity contribution in [2.45, 2.75) is 238 Å². The maximum absolute atomic E-state index is 12.9. The molecule has 0 amide bonds. The van der Waals surface area contributed by atoms with Gasteiger partial charge in [0, 0.05) is 19.3 Å². The second-order valence-electron chi connectivity index (χ2n) is 18.0. The SMILES string of the molecule is CC/C=C\C/C=C\C/C=C\C/C=C\CCCCC(=O)OC(COC(=O)CCCCCCC/C=C\C/C=C\C/C=C\CC)COP(=O)(O)OCC(CO)OC(=O)CCCCCCCCCCCCCCC. The van der Waals surface area contributed by atoms with E-state index in [9.17, 15) is 28.9 Å². The number of unbranched alkanes of at least 4 members (excludes halogenated alkanes) is 19. The van der Waals surface area contributed by atoms with Crippen molar-refractivity contribution in [1.82, 2.24) is 0 Å². The molecule has 402 valence electrons. The minimum absolute atomic E-state index is 0.109. The van der Waals surface area contributed by atoms with Gasteiger partial charge in [0.05, 0.1) is 19.8 Å². The first-order valence-electron chi connectivity index (χ1n) is 27.5. The second-order valence-corrected chi connectivity index (χ2v) is 19.4. The zero-order valence-corrected chi connectivity index (χ0v) is 45.1. The van der Waals surface area contributed by atoms with Crippen LogP contribution in [-0.2, 0) is 42.2 Å². The van der Waals surface area contributed by atoms with E-state index < -0.39 is 57.8 Å². The molecule has 0 aliphatic heterocycles. The van der Waals surface area contributed by atoms with Gasteiger partial charge in [-0.1, -0.05) is 202 Å². The van der Waals surface area contributed by atoms with Crippen LogP contribution in [0.4, 0.5) is 0 Å². The predicted octanol–water partition coefficient (Wildman–Crippen LogP) is 15.9. The average Bonchev–Trinajstić information content (AvgIpc) is 3.35. The molecule has 0 rings (SSSR count). The molecule has 0 spiro atoms. The van der Waals surface area contributed by atoms with Crippen molar-refractivity contribution in [2.24, 2.45) is 0 Å². The van der Waals surface area contributed by atoms with Crippen LogP contribution in [0.15, 0.2) is 85.1 Å². The Morgan fingerprint density at radius 3 is 1.17 bits per heavy atom. The fourth-order valence-electron chi connectivity index (χ4n) is 7.18. The van der Waals surface area contributed by atoms with Gasteiger partial charge in [0.25, 0.3) is 0 Å². The third-order valence-corrected chi connectivity index (χ3v) is 12.3. The molecule has 0 heterocycles. The van der Waals surface area contributed by atoms with Crippen molar-refractivity contribution in [1.29, 1.82) is 0 Å². The van der Waals surface area contributed by atoms with E-state index in [4.69, 9.17) is 23.3 Å². The number of phosphoric acid groups is 1. The predicted molar refractivity (Wildman–Crippen MR) is 288 cm³/mol. The third kappa shape index (κ3) is 49.6. The summed E-state index contributed by atoms with van der Waals surface area (Å²) in [5.41, 5.74) is 0. The van der Waals surface area contributed by atoms with E-state index >= 15 is 0 Å². The van der Waals surface area contributed by atoms with E-state index in [0.717, 1.165) is 109 Å². The minimum atomic E-state index is -4.76. The molecule has 12 heteroatoms. The van der Waals surface area contributed by atoms with Crippen LogP contribution in [0.25, 0.3) is 0 Å². The standard InChI is InChI=1S/C58H99O11P/c1-4-7-10-13-16-19-22-25-27-30-32-35-38-41-44-47-56(60)65-51-55(69-58(62)49-46-43-40-37-34-31-28-26-23-20-17-14-11-8-5-2)53-67-70(63,64)66-52-54(50-59)68-57(61)48-45-42-39-36-33-29-24-21-18-15-12-9-6-3/h7-8,10-11,16-17,19-20,25-28,34,37,54-55,59H,4-6,9,12-15,18,21-24,29-33,35-36,38-53H2,1-3H3,(H,63,64)/b10-7-,11-8-,19-16-,20-17-,27-25-,28-26-,37-34-. The van der Waals surface area contributed by atoms with Gasteiger partial charge in [-0.05, 0) is 89.9 Å². The highest BCUT2D eigenvalue weighted by molar-refractivity contribution is 7.47. The van der Waals surface area contributed by atoms with Crippen LogP contribution in [0.1, 0.15) is 226 Å². The molecular weight excluding hydrogens is 904 g/mol. The Bertz CT molecular complexity index is 1500. The highest BCUT2D eigenvalue weighted by Crippen LogP contribution is 2.43. The third-order valence-electron chi connectivity index (χ3n) is 11.3. The lowest BCUT2D eigenvalue weighted by Gasteiger charge is -2.21. The monoisotopic (exact) mass is 1000 g/mol. The van der Waals surface area contributed by atoms with E-state index in [1.807, 2.05) is 0 Å². The number of rotatable bonds is 50. The van der Waals surface area contributed by atoms with Crippen LogP contribution in [-0.4, -0.2) is 66.5 Å². The normalized spacial score (nSPS) is 14.1. The molecule has 70 heavy (non-hydrogen) atoms. The van der Waals surface area contributed by atoms with Gasteiger partial charge in [0.2, 0.25) is 0 Å². The van der Waals surface area contributed by atoms with Gasteiger partial charge in [0.15, 0.2) is 6.10 Å². The largest absolute Gasteiger partial charge is 0.472 e. The Hall–Kier alpha value is -3.34. The molecule has 0 aliphatic rings. The first-order valence-corrected chi connectivity index (χ1v) is 29.0. The topological polar surface area (TPSA) is 155 Å². The summed E-state index contributed by atoms with van der Waals surface area (Å²) in [5.74, 6) is -1.54. The van der Waals surface area contributed by atoms with Crippen LogP contribution in [0.5, 0.6) is 0 Å². The minimum Gasteiger partial charge on any atom is -0.462 e. The number of hydrogen-bond acceptors (Lipinski definition) is 10. The van der Waals surface area contributed by atoms with E-state index in [0.29, 0.717) is 19.3 Å². The fourth-order valence-corrected chi connectivity index (χ4v) is 7.97. The van der Waals surface area contributed by atoms with E-state index in [2.05, 4.69) is 106 Å². The Balaban J connectivity index is 4.82. The highest BCUT2D eigenvalue weighted by Gasteiger charge is 2.28. The summed E-state index contributed by atoms with van der Waals surface area (Å²) in [5, 5.41) is 9.79. The Morgan fingerprint density at radius 2 is 0.743 bits per heavy atom. The number of aliphatic hydroxyl groups excluding tert-OH is 1. The van der Waals surface area contributed by atoms with Gasteiger partial charge in [-0.2, -0.15) is 0 Å². The van der Waals surface area contributed by atoms with Crippen molar-refractivity contribution in [3.63, 3.8) is 0 Å². The van der Waals surface area contributed by atoms with E-state index in [1.165, 1.54) is 57.8 Å². The van der Waals surface area contributed by atoms with E-state index in [-0.39, 0.29) is 25.9 Å². The quantitative estimate of drug-likeness (QED) is 0.0197. The van der Waals surface area contributed by atoms with Gasteiger partial charge in [-0.3, -0.25) is 23.4 Å². The molecule has 0 fully saturated rings. The van der Waals surface area contributed by atoms with Gasteiger partial charge < -0.3 is 24.2 Å². The van der Waals surface area contributed by atoms with Gasteiger partial charge in [0.1, 0.15) is 12.7 Å². The Labute approximate surface area is 426 Å². The highest BCUT2D eigenvalue weighted by atomic mass is 31.2. The van der Waals surface area contributed by atoms with Crippen LogP contribution >= 0.6 is 7.82 Å². The summed E-state index contributed by atoms with van der Waals surface area (Å²) in [6, 6.07) is 0. The summed E-state index contributed by atoms with van der Waals surface area (Å²) < 4.78 is 39.4. The number of esters is 3. The van der Waals surface area contributed by atoms with Crippen molar-refractivity contribution in [3.05, 3.63) is 85.1 Å². The Morgan fingerprint density at radius 1 is 0.414 bits per heavy atom. The molecule has 0 aromatic carbocycles. The van der Waals surface area contributed by atoms with Crippen molar-refractivity contribution >= 4 is 25.7 Å². The van der Waals surface area contributed by atoms with Crippen molar-refractivity contribution < 1.29 is 52.2 Å². The maximum atomic E-state index is 12.9. The summed E-state index contributed by atoms with van der Waals surface area (Å²) in [7, 11) is -4.76. The lowest BCUT2D eigenvalue weighted by atomic mass is 10.0. The number of ether oxygens (including phenoxy) is 3. The number of carbonyl (C=O) groups is 3. The lowest BCUT2D eigenvalue weighted by Crippen LogP contribution is -2.30. The summed E-state index contributed by atoms with van der Waals surface area (Å²) in [6.45, 7) is 4.34. The second kappa shape index (κ2) is 52.0. The summed E-state index contributed by atoms with van der Waals surface area (Å²) >= 11 is 0. The number of carbonyl (C=O) groups excluding carboxylic acids is 3. The van der Waals surface area contributed by atoms with Crippen molar-refractivity contribution in [3.8, 4) is 0 Å². The molecule has 0 saturated carbocycles. The average molecular weight is 1000 g/mol. The number of aliphatic hydroxyl groups is 1. The van der Waals surface area contributed by atoms with Crippen LogP contribution in [0.2, 0.25) is 0 Å². The van der Waals surface area contributed by atoms with Crippen LogP contribution in [0.3, 0.4) is 0 Å². The molecule has 3 atom stereocenters. The zero-order valence-electron chi connectivity index (χ0n) is 44.2. The summed E-state index contributed by atoms with van der Waals surface area (Å²) in [6.07, 6.45) is 58.3. The van der Waals surface area contributed by atoms with Gasteiger partial charge >= 0.3 is 25.7 Å². The lowest BCUT2D eigenvalue weighted by molar-refractivity contribution is -0.161. The maximum Gasteiger partial charge on any atom is 0.472 e. The molecule has 3 unspecified atom stereocenters. The van der Waals surface area contributed by atoms with Crippen LogP contribution < -0.4 is 0 Å². The van der Waals surface area contributed by atoms with Gasteiger partial charge in [-0.15, -0.1) is 0 Å².